The Kier molecular flexibility index (Phi) is 5.14. The molecular weight excluding hydrogens is 360 g/mol. The summed E-state index contributed by atoms with van der Waals surface area (Å²) < 4.78 is 6.93. The Bertz CT molecular complexity index is 934. The van der Waals surface area contributed by atoms with Crippen molar-refractivity contribution in [1.29, 1.82) is 0 Å². The zero-order valence-electron chi connectivity index (χ0n) is 17.0. The van der Waals surface area contributed by atoms with E-state index in [2.05, 4.69) is 5.10 Å². The van der Waals surface area contributed by atoms with E-state index in [-0.39, 0.29) is 17.8 Å². The lowest BCUT2D eigenvalue weighted by atomic mass is 10.1. The number of carbonyl (C=O) groups is 3. The molecule has 0 saturated carbocycles. The van der Waals surface area contributed by atoms with Gasteiger partial charge in [0.1, 0.15) is 11.3 Å². The number of aromatic nitrogens is 2. The van der Waals surface area contributed by atoms with Crippen LogP contribution in [0.1, 0.15) is 54.1 Å². The molecule has 3 heterocycles. The van der Waals surface area contributed by atoms with Gasteiger partial charge in [-0.2, -0.15) is 5.10 Å². The van der Waals surface area contributed by atoms with Crippen LogP contribution in [0.4, 0.5) is 4.79 Å². The molecule has 1 aliphatic heterocycles. The van der Waals surface area contributed by atoms with Crippen LogP contribution >= 0.6 is 0 Å². The van der Waals surface area contributed by atoms with Gasteiger partial charge in [0.25, 0.3) is 5.91 Å². The highest BCUT2D eigenvalue weighted by molar-refractivity contribution is 6.07. The van der Waals surface area contributed by atoms with E-state index >= 15 is 0 Å². The molecule has 0 radical (unpaired) electrons. The van der Waals surface area contributed by atoms with Crippen molar-refractivity contribution in [3.05, 3.63) is 35.2 Å². The molecule has 2 aromatic rings. The van der Waals surface area contributed by atoms with Gasteiger partial charge in [-0.3, -0.25) is 9.59 Å². The Morgan fingerprint density at radius 2 is 1.68 bits per heavy atom. The minimum Gasteiger partial charge on any atom is -0.444 e. The van der Waals surface area contributed by atoms with Crippen molar-refractivity contribution in [2.24, 2.45) is 0 Å². The predicted molar refractivity (Wildman–Crippen MR) is 104 cm³/mol. The number of fused-ring (bicyclic) bond motifs is 1. The predicted octanol–water partition coefficient (Wildman–Crippen LogP) is 2.54. The number of hydrogen-bond donors (Lipinski definition) is 0. The lowest BCUT2D eigenvalue weighted by Crippen LogP contribution is -2.51. The second-order valence-electron chi connectivity index (χ2n) is 7.99. The van der Waals surface area contributed by atoms with E-state index in [1.807, 2.05) is 20.8 Å². The summed E-state index contributed by atoms with van der Waals surface area (Å²) in [6.45, 7) is 10.3. The molecule has 1 saturated heterocycles. The number of nitrogens with zero attached hydrogens (tertiary/aromatic N) is 4. The normalized spacial score (nSPS) is 15.0. The highest BCUT2D eigenvalue weighted by Crippen LogP contribution is 2.24. The maximum Gasteiger partial charge on any atom is 0.410 e. The van der Waals surface area contributed by atoms with Crippen LogP contribution in [0.15, 0.2) is 18.3 Å². The average molecular weight is 386 g/mol. The molecule has 8 nitrogen and oxygen atoms in total. The summed E-state index contributed by atoms with van der Waals surface area (Å²) in [4.78, 5) is 40.8. The number of ketones is 1. The van der Waals surface area contributed by atoms with E-state index in [9.17, 15) is 14.4 Å². The molecule has 8 heteroatoms. The van der Waals surface area contributed by atoms with Gasteiger partial charge in [0.15, 0.2) is 5.78 Å². The SMILES string of the molecule is CC(=O)c1c(C)c(C(=O)N2CCN(C(=O)OC(C)(C)C)CC2)n2ncccc12. The van der Waals surface area contributed by atoms with Crippen molar-refractivity contribution >= 4 is 23.3 Å². The monoisotopic (exact) mass is 386 g/mol. The van der Waals surface area contributed by atoms with Gasteiger partial charge in [0.05, 0.1) is 5.52 Å². The molecule has 0 spiro atoms. The zero-order valence-corrected chi connectivity index (χ0v) is 17.0. The zero-order chi connectivity index (χ0) is 20.6. The van der Waals surface area contributed by atoms with Crippen LogP contribution < -0.4 is 0 Å². The van der Waals surface area contributed by atoms with Crippen LogP contribution in [0.2, 0.25) is 0 Å². The first-order valence-corrected chi connectivity index (χ1v) is 9.34. The van der Waals surface area contributed by atoms with Gasteiger partial charge < -0.3 is 14.5 Å². The number of carbonyl (C=O) groups excluding carboxylic acids is 3. The topological polar surface area (TPSA) is 84.2 Å². The number of rotatable bonds is 2. The van der Waals surface area contributed by atoms with Gasteiger partial charge in [-0.05, 0) is 52.3 Å². The average Bonchev–Trinajstić information content (AvgIpc) is 2.91. The van der Waals surface area contributed by atoms with Gasteiger partial charge >= 0.3 is 6.09 Å². The number of piperazine rings is 1. The fraction of sp³-hybridized carbons (Fsp3) is 0.500. The van der Waals surface area contributed by atoms with Crippen LogP contribution in [0.5, 0.6) is 0 Å². The second kappa shape index (κ2) is 7.26. The summed E-state index contributed by atoms with van der Waals surface area (Å²) in [6, 6.07) is 3.53. The minimum absolute atomic E-state index is 0.100. The Hall–Kier alpha value is -2.90. The summed E-state index contributed by atoms with van der Waals surface area (Å²) in [5.41, 5.74) is 1.62. The third-order valence-corrected chi connectivity index (χ3v) is 4.72. The van der Waals surface area contributed by atoms with E-state index in [4.69, 9.17) is 4.74 Å². The Morgan fingerprint density at radius 3 is 2.25 bits per heavy atom. The van der Waals surface area contributed by atoms with Crippen LogP contribution in [-0.4, -0.2) is 69.0 Å². The molecule has 0 N–H and O–H groups in total. The molecule has 0 aromatic carbocycles. The maximum absolute atomic E-state index is 13.2. The van der Waals surface area contributed by atoms with Crippen molar-refractivity contribution in [2.45, 2.75) is 40.2 Å². The summed E-state index contributed by atoms with van der Waals surface area (Å²) in [6.07, 6.45) is 1.22. The van der Waals surface area contributed by atoms with Crippen LogP contribution in [0, 0.1) is 6.92 Å². The molecule has 0 unspecified atom stereocenters. The third-order valence-electron chi connectivity index (χ3n) is 4.72. The van der Waals surface area contributed by atoms with Crippen molar-refractivity contribution in [3.8, 4) is 0 Å². The Balaban J connectivity index is 1.81. The van der Waals surface area contributed by atoms with Gasteiger partial charge in [-0.15, -0.1) is 0 Å². The number of hydrogen-bond acceptors (Lipinski definition) is 5. The fourth-order valence-corrected chi connectivity index (χ4v) is 3.47. The van der Waals surface area contributed by atoms with E-state index in [1.54, 1.807) is 35.1 Å². The fourth-order valence-electron chi connectivity index (χ4n) is 3.47. The first kappa shape index (κ1) is 19.9. The van der Waals surface area contributed by atoms with Crippen LogP contribution in [-0.2, 0) is 4.74 Å². The molecule has 2 amide bonds. The summed E-state index contributed by atoms with van der Waals surface area (Å²) in [7, 11) is 0. The van der Waals surface area contributed by atoms with E-state index in [0.717, 1.165) is 0 Å². The van der Waals surface area contributed by atoms with Gasteiger partial charge in [-0.25, -0.2) is 9.31 Å². The number of amides is 2. The highest BCUT2D eigenvalue weighted by atomic mass is 16.6. The molecule has 2 aromatic heterocycles. The molecule has 1 fully saturated rings. The van der Waals surface area contributed by atoms with Crippen molar-refractivity contribution < 1.29 is 19.1 Å². The first-order valence-electron chi connectivity index (χ1n) is 9.34. The lowest BCUT2D eigenvalue weighted by Gasteiger charge is -2.35. The molecule has 0 atom stereocenters. The van der Waals surface area contributed by atoms with Gasteiger partial charge in [0, 0.05) is 37.9 Å². The lowest BCUT2D eigenvalue weighted by molar-refractivity contribution is 0.0139. The molecule has 150 valence electrons. The molecule has 3 rings (SSSR count). The first-order chi connectivity index (χ1) is 13.1. The molecular formula is C20H26N4O4. The summed E-state index contributed by atoms with van der Waals surface area (Å²) in [5.74, 6) is -0.292. The Morgan fingerprint density at radius 1 is 1.07 bits per heavy atom. The van der Waals surface area contributed by atoms with Crippen molar-refractivity contribution in [2.75, 3.05) is 26.2 Å². The summed E-state index contributed by atoms with van der Waals surface area (Å²) in [5, 5.41) is 4.28. The van der Waals surface area contributed by atoms with E-state index in [1.165, 1.54) is 11.4 Å². The largest absolute Gasteiger partial charge is 0.444 e. The molecule has 28 heavy (non-hydrogen) atoms. The maximum atomic E-state index is 13.2. The highest BCUT2D eigenvalue weighted by Gasteiger charge is 2.31. The molecule has 1 aliphatic rings. The number of Topliss-reactive ketones (excluding diaryl/α,β-unsaturated/α-hetero) is 1. The van der Waals surface area contributed by atoms with Crippen molar-refractivity contribution in [3.63, 3.8) is 0 Å². The van der Waals surface area contributed by atoms with Gasteiger partial charge in [0.2, 0.25) is 0 Å². The smallest absolute Gasteiger partial charge is 0.410 e. The molecule has 0 aliphatic carbocycles. The third kappa shape index (κ3) is 3.72. The molecule has 0 bridgehead atoms. The van der Waals surface area contributed by atoms with E-state index < -0.39 is 5.60 Å². The quantitative estimate of drug-likeness (QED) is 0.741. The number of ether oxygens (including phenoxy) is 1. The van der Waals surface area contributed by atoms with E-state index in [0.29, 0.717) is 48.5 Å². The van der Waals surface area contributed by atoms with Crippen molar-refractivity contribution in [1.82, 2.24) is 19.4 Å². The van der Waals surface area contributed by atoms with Crippen LogP contribution in [0.3, 0.4) is 0 Å². The Labute approximate surface area is 164 Å². The van der Waals surface area contributed by atoms with Crippen LogP contribution in [0.25, 0.3) is 5.52 Å². The minimum atomic E-state index is -0.555. The summed E-state index contributed by atoms with van der Waals surface area (Å²) >= 11 is 0. The standard InChI is InChI=1S/C20H26N4O4/c1-13-16(14(2)25)15-7-6-8-21-24(15)17(13)18(26)22-9-11-23(12-10-22)19(27)28-20(3,4)5/h6-8H,9-12H2,1-5H3. The van der Waals surface area contributed by atoms with Gasteiger partial charge in [-0.1, -0.05) is 0 Å². The second-order valence-corrected chi connectivity index (χ2v) is 7.99.